The average molecular weight is 326 g/mol. The lowest BCUT2D eigenvalue weighted by Crippen LogP contribution is -2.39. The molecule has 1 aliphatic rings. The number of hydrogen-bond donors (Lipinski definition) is 1. The van der Waals surface area contributed by atoms with Crippen LogP contribution in [0, 0.1) is 5.92 Å². The molecule has 0 heterocycles. The van der Waals surface area contributed by atoms with Crippen LogP contribution in [0.3, 0.4) is 0 Å². The zero-order valence-electron chi connectivity index (χ0n) is 11.2. The number of carbonyl (C=O) groups excluding carboxylic acids is 1. The van der Waals surface area contributed by atoms with Gasteiger partial charge >= 0.3 is 0 Å². The molecule has 1 N–H and O–H groups in total. The summed E-state index contributed by atoms with van der Waals surface area (Å²) in [5.41, 5.74) is 0. The molecule has 2 rings (SSSR count). The van der Waals surface area contributed by atoms with E-state index in [4.69, 9.17) is 4.74 Å². The summed E-state index contributed by atoms with van der Waals surface area (Å²) in [6.45, 7) is 2.36. The molecule has 1 fully saturated rings. The predicted octanol–water partition coefficient (Wildman–Crippen LogP) is 3.52. The van der Waals surface area contributed by atoms with Crippen LogP contribution in [0.4, 0.5) is 0 Å². The minimum absolute atomic E-state index is 0.0282. The highest BCUT2D eigenvalue weighted by Gasteiger charge is 2.19. The van der Waals surface area contributed by atoms with E-state index in [1.54, 1.807) is 0 Å². The zero-order chi connectivity index (χ0) is 13.7. The topological polar surface area (TPSA) is 38.3 Å². The van der Waals surface area contributed by atoms with Crippen LogP contribution in [0.15, 0.2) is 28.7 Å². The van der Waals surface area contributed by atoms with Gasteiger partial charge in [-0.1, -0.05) is 28.9 Å². The number of halogens is 1. The van der Waals surface area contributed by atoms with Crippen molar-refractivity contribution >= 4 is 21.8 Å². The Kier molecular flexibility index (Phi) is 5.25. The van der Waals surface area contributed by atoms with Crippen LogP contribution in [-0.4, -0.2) is 18.6 Å². The molecule has 0 atom stereocenters. The summed E-state index contributed by atoms with van der Waals surface area (Å²) in [4.78, 5) is 11.8. The fraction of sp³-hybridized carbons (Fsp3) is 0.533. The van der Waals surface area contributed by atoms with E-state index in [2.05, 4.69) is 28.2 Å². The van der Waals surface area contributed by atoms with Gasteiger partial charge in [-0.15, -0.1) is 0 Å². The van der Waals surface area contributed by atoms with Crippen molar-refractivity contribution in [3.63, 3.8) is 0 Å². The highest BCUT2D eigenvalue weighted by Crippen LogP contribution is 2.23. The lowest BCUT2D eigenvalue weighted by Gasteiger charge is -2.26. The third-order valence-corrected chi connectivity index (χ3v) is 4.04. The molecular formula is C15H20BrNO2. The smallest absolute Gasteiger partial charge is 0.258 e. The van der Waals surface area contributed by atoms with Crippen molar-refractivity contribution in [3.8, 4) is 5.75 Å². The molecule has 3 nitrogen and oxygen atoms in total. The van der Waals surface area contributed by atoms with Gasteiger partial charge in [0.25, 0.3) is 5.91 Å². The molecule has 19 heavy (non-hydrogen) atoms. The third-order valence-electron chi connectivity index (χ3n) is 3.55. The molecule has 1 amide bonds. The van der Waals surface area contributed by atoms with Gasteiger partial charge in [0.05, 0.1) is 0 Å². The van der Waals surface area contributed by atoms with Crippen molar-refractivity contribution in [1.82, 2.24) is 5.32 Å². The lowest BCUT2D eigenvalue weighted by molar-refractivity contribution is -0.124. The maximum atomic E-state index is 11.8. The second-order valence-electron chi connectivity index (χ2n) is 5.27. The predicted molar refractivity (Wildman–Crippen MR) is 79.2 cm³/mol. The quantitative estimate of drug-likeness (QED) is 0.919. The normalized spacial score (nSPS) is 22.8. The van der Waals surface area contributed by atoms with E-state index in [9.17, 15) is 4.79 Å². The van der Waals surface area contributed by atoms with E-state index in [1.807, 2.05) is 24.3 Å². The van der Waals surface area contributed by atoms with E-state index in [1.165, 1.54) is 12.8 Å². The summed E-state index contributed by atoms with van der Waals surface area (Å²) in [7, 11) is 0. The third kappa shape index (κ3) is 4.86. The van der Waals surface area contributed by atoms with Gasteiger partial charge in [-0.25, -0.2) is 0 Å². The second-order valence-corrected chi connectivity index (χ2v) is 6.19. The molecule has 1 aliphatic carbocycles. The van der Waals surface area contributed by atoms with E-state index in [0.29, 0.717) is 11.8 Å². The van der Waals surface area contributed by atoms with E-state index in [0.717, 1.165) is 23.2 Å². The van der Waals surface area contributed by atoms with Crippen molar-refractivity contribution in [1.29, 1.82) is 0 Å². The van der Waals surface area contributed by atoms with Gasteiger partial charge in [0, 0.05) is 10.5 Å². The molecule has 1 aromatic rings. The van der Waals surface area contributed by atoms with Gasteiger partial charge in [0.2, 0.25) is 0 Å². The molecule has 4 heteroatoms. The summed E-state index contributed by atoms with van der Waals surface area (Å²) in [6, 6.07) is 7.85. The number of benzene rings is 1. The molecule has 1 aromatic carbocycles. The van der Waals surface area contributed by atoms with Crippen molar-refractivity contribution in [3.05, 3.63) is 28.7 Å². The van der Waals surface area contributed by atoms with Gasteiger partial charge in [0.15, 0.2) is 6.61 Å². The summed E-state index contributed by atoms with van der Waals surface area (Å²) in [5.74, 6) is 1.48. The van der Waals surface area contributed by atoms with Gasteiger partial charge in [0.1, 0.15) is 5.75 Å². The van der Waals surface area contributed by atoms with E-state index < -0.39 is 0 Å². The van der Waals surface area contributed by atoms with Crippen LogP contribution in [0.25, 0.3) is 0 Å². The van der Waals surface area contributed by atoms with Crippen LogP contribution >= 0.6 is 15.9 Å². The number of carbonyl (C=O) groups is 1. The molecule has 0 radical (unpaired) electrons. The van der Waals surface area contributed by atoms with Crippen molar-refractivity contribution in [2.75, 3.05) is 6.61 Å². The van der Waals surface area contributed by atoms with Crippen LogP contribution in [0.5, 0.6) is 5.75 Å². The highest BCUT2D eigenvalue weighted by atomic mass is 79.9. The Hall–Kier alpha value is -1.03. The Balaban J connectivity index is 1.73. The molecule has 0 aliphatic heterocycles. The molecule has 0 unspecified atom stereocenters. The zero-order valence-corrected chi connectivity index (χ0v) is 12.8. The maximum Gasteiger partial charge on any atom is 0.258 e. The SMILES string of the molecule is CC1CCC(NC(=O)COc2cccc(Br)c2)CC1. The largest absolute Gasteiger partial charge is 0.484 e. The van der Waals surface area contributed by atoms with E-state index >= 15 is 0 Å². The summed E-state index contributed by atoms with van der Waals surface area (Å²) in [5, 5.41) is 3.05. The number of hydrogen-bond acceptors (Lipinski definition) is 2. The molecule has 0 bridgehead atoms. The molecule has 0 spiro atoms. The average Bonchev–Trinajstić information content (AvgIpc) is 2.39. The van der Waals surface area contributed by atoms with Gasteiger partial charge in [-0.3, -0.25) is 4.79 Å². The molecule has 104 valence electrons. The monoisotopic (exact) mass is 325 g/mol. The number of rotatable bonds is 4. The summed E-state index contributed by atoms with van der Waals surface area (Å²) >= 11 is 3.37. The first-order chi connectivity index (χ1) is 9.13. The van der Waals surface area contributed by atoms with Crippen LogP contribution in [-0.2, 0) is 4.79 Å². The number of amides is 1. The van der Waals surface area contributed by atoms with Crippen molar-refractivity contribution in [2.24, 2.45) is 5.92 Å². The second kappa shape index (κ2) is 6.94. The summed E-state index contributed by atoms with van der Waals surface area (Å²) < 4.78 is 6.42. The minimum Gasteiger partial charge on any atom is -0.484 e. The number of ether oxygens (including phenoxy) is 1. The van der Waals surface area contributed by atoms with Gasteiger partial charge in [-0.2, -0.15) is 0 Å². The van der Waals surface area contributed by atoms with E-state index in [-0.39, 0.29) is 12.5 Å². The molecule has 0 aromatic heterocycles. The fourth-order valence-electron chi connectivity index (χ4n) is 2.38. The first-order valence-electron chi connectivity index (χ1n) is 6.81. The van der Waals surface area contributed by atoms with Crippen LogP contribution in [0.2, 0.25) is 0 Å². The highest BCUT2D eigenvalue weighted by molar-refractivity contribution is 9.10. The van der Waals surface area contributed by atoms with Crippen molar-refractivity contribution < 1.29 is 9.53 Å². The molecular weight excluding hydrogens is 306 g/mol. The molecule has 1 saturated carbocycles. The summed E-state index contributed by atoms with van der Waals surface area (Å²) in [6.07, 6.45) is 4.59. The van der Waals surface area contributed by atoms with Gasteiger partial charge < -0.3 is 10.1 Å². The Bertz CT molecular complexity index is 428. The first-order valence-corrected chi connectivity index (χ1v) is 7.60. The van der Waals surface area contributed by atoms with Crippen molar-refractivity contribution in [2.45, 2.75) is 38.6 Å². The Morgan fingerprint density at radius 1 is 1.37 bits per heavy atom. The Labute approximate surface area is 122 Å². The fourth-order valence-corrected chi connectivity index (χ4v) is 2.76. The Morgan fingerprint density at radius 3 is 2.79 bits per heavy atom. The standard InChI is InChI=1S/C15H20BrNO2/c1-11-5-7-13(8-6-11)17-15(18)10-19-14-4-2-3-12(16)9-14/h2-4,9,11,13H,5-8,10H2,1H3,(H,17,18). The van der Waals surface area contributed by atoms with Gasteiger partial charge in [-0.05, 0) is 49.8 Å². The minimum atomic E-state index is -0.0282. The maximum absolute atomic E-state index is 11.8. The lowest BCUT2D eigenvalue weighted by atomic mass is 9.87. The molecule has 0 saturated heterocycles. The van der Waals surface area contributed by atoms with Crippen LogP contribution in [0.1, 0.15) is 32.6 Å². The first kappa shape index (κ1) is 14.4. The Morgan fingerprint density at radius 2 is 2.11 bits per heavy atom. The van der Waals surface area contributed by atoms with Crippen LogP contribution < -0.4 is 10.1 Å². The number of nitrogens with one attached hydrogen (secondary N) is 1.